The first kappa shape index (κ1) is 9.20. The van der Waals surface area contributed by atoms with Crippen LogP contribution < -0.4 is 0 Å². The number of carbonyl (C=O) groups is 1. The Kier molecular flexibility index (Phi) is 2.49. The number of benzene rings is 1. The van der Waals surface area contributed by atoms with Gasteiger partial charge in [0.05, 0.1) is 0 Å². The van der Waals surface area contributed by atoms with Crippen LogP contribution in [0.2, 0.25) is 0 Å². The van der Waals surface area contributed by atoms with Crippen molar-refractivity contribution in [1.29, 1.82) is 0 Å². The topological polar surface area (TPSA) is 17.1 Å². The van der Waals surface area contributed by atoms with Crippen molar-refractivity contribution in [3.05, 3.63) is 42.0 Å². The third kappa shape index (κ3) is 1.63. The highest BCUT2D eigenvalue weighted by atomic mass is 16.1. The van der Waals surface area contributed by atoms with E-state index in [2.05, 4.69) is 12.6 Å². The van der Waals surface area contributed by atoms with Gasteiger partial charge < -0.3 is 0 Å². The molecule has 0 atom stereocenters. The fourth-order valence-electron chi connectivity index (χ4n) is 1.93. The molecule has 0 aliphatic heterocycles. The molecule has 0 spiro atoms. The Hall–Kier alpha value is -1.37. The van der Waals surface area contributed by atoms with Crippen LogP contribution in [0.4, 0.5) is 0 Å². The van der Waals surface area contributed by atoms with Crippen LogP contribution in [0, 0.1) is 0 Å². The summed E-state index contributed by atoms with van der Waals surface area (Å²) in [5, 5.41) is 0. The Labute approximate surface area is 84.5 Å². The van der Waals surface area contributed by atoms with Crippen LogP contribution in [0.3, 0.4) is 0 Å². The van der Waals surface area contributed by atoms with Crippen molar-refractivity contribution in [3.63, 3.8) is 0 Å². The lowest BCUT2D eigenvalue weighted by molar-refractivity contribution is -0.113. The van der Waals surface area contributed by atoms with Gasteiger partial charge in [0.15, 0.2) is 5.78 Å². The van der Waals surface area contributed by atoms with Gasteiger partial charge in [-0.2, -0.15) is 0 Å². The average Bonchev–Trinajstić information content (AvgIpc) is 2.22. The second-order valence-electron chi connectivity index (χ2n) is 3.77. The molecule has 1 heteroatoms. The molecule has 0 saturated carbocycles. The van der Waals surface area contributed by atoms with Crippen LogP contribution >= 0.6 is 0 Å². The number of rotatable bonds is 0. The number of hydrogen-bond acceptors (Lipinski definition) is 1. The van der Waals surface area contributed by atoms with Crippen molar-refractivity contribution >= 4 is 11.4 Å². The predicted octanol–water partition coefficient (Wildman–Crippen LogP) is 3.00. The van der Waals surface area contributed by atoms with E-state index in [9.17, 15) is 4.79 Å². The largest absolute Gasteiger partial charge is 0.294 e. The van der Waals surface area contributed by atoms with E-state index in [0.29, 0.717) is 12.0 Å². The molecule has 1 aliphatic carbocycles. The normalized spacial score (nSPS) is 17.1. The lowest BCUT2D eigenvalue weighted by Gasteiger charge is -2.14. The summed E-state index contributed by atoms with van der Waals surface area (Å²) in [4.78, 5) is 11.6. The maximum atomic E-state index is 11.6. The molecular weight excluding hydrogens is 172 g/mol. The van der Waals surface area contributed by atoms with Crippen LogP contribution in [0.15, 0.2) is 30.8 Å². The van der Waals surface area contributed by atoms with E-state index in [4.69, 9.17) is 0 Å². The number of ketones is 1. The number of Topliss-reactive ketones (excluding diaryl/α,β-unsaturated/α-hetero) is 1. The Bertz CT molecular complexity index is 377. The highest BCUT2D eigenvalue weighted by Gasteiger charge is 2.15. The highest BCUT2D eigenvalue weighted by molar-refractivity contribution is 6.20. The molecule has 0 heterocycles. The van der Waals surface area contributed by atoms with E-state index in [0.717, 1.165) is 24.8 Å². The van der Waals surface area contributed by atoms with Gasteiger partial charge in [-0.15, -0.1) is 0 Å². The smallest absolute Gasteiger partial charge is 0.162 e. The molecule has 0 saturated heterocycles. The average molecular weight is 186 g/mol. The molecular formula is C13H14O. The third-order valence-electron chi connectivity index (χ3n) is 2.78. The molecule has 1 aliphatic rings. The van der Waals surface area contributed by atoms with Crippen LogP contribution in [-0.4, -0.2) is 5.78 Å². The Morgan fingerprint density at radius 1 is 1.07 bits per heavy atom. The van der Waals surface area contributed by atoms with Gasteiger partial charge in [0.25, 0.3) is 0 Å². The third-order valence-corrected chi connectivity index (χ3v) is 2.78. The maximum absolute atomic E-state index is 11.6. The van der Waals surface area contributed by atoms with Gasteiger partial charge >= 0.3 is 0 Å². The van der Waals surface area contributed by atoms with Gasteiger partial charge in [0, 0.05) is 12.0 Å². The van der Waals surface area contributed by atoms with Crippen molar-refractivity contribution in [2.45, 2.75) is 25.7 Å². The van der Waals surface area contributed by atoms with Crippen LogP contribution in [0.1, 0.15) is 30.4 Å². The number of allylic oxidation sites excluding steroid dienone is 1. The zero-order chi connectivity index (χ0) is 9.97. The Balaban J connectivity index is 2.45. The van der Waals surface area contributed by atoms with Crippen molar-refractivity contribution in [2.75, 3.05) is 0 Å². The number of carbonyl (C=O) groups excluding carboxylic acids is 1. The first-order valence-electron chi connectivity index (χ1n) is 5.09. The van der Waals surface area contributed by atoms with Crippen molar-refractivity contribution < 1.29 is 4.79 Å². The summed E-state index contributed by atoms with van der Waals surface area (Å²) < 4.78 is 0. The summed E-state index contributed by atoms with van der Waals surface area (Å²) in [6, 6.07) is 8.09. The molecule has 1 aromatic rings. The fraction of sp³-hybridized carbons (Fsp3) is 0.308. The lowest BCUT2D eigenvalue weighted by Crippen LogP contribution is -2.07. The van der Waals surface area contributed by atoms with Gasteiger partial charge in [-0.3, -0.25) is 4.79 Å². The van der Waals surface area contributed by atoms with E-state index in [1.807, 2.05) is 18.2 Å². The first-order chi connectivity index (χ1) is 6.79. The summed E-state index contributed by atoms with van der Waals surface area (Å²) >= 11 is 0. The van der Waals surface area contributed by atoms with Gasteiger partial charge in [0.2, 0.25) is 0 Å². The second kappa shape index (κ2) is 3.79. The molecule has 2 rings (SSSR count). The van der Waals surface area contributed by atoms with E-state index >= 15 is 0 Å². The standard InChI is InChI=1S/C13H14O/c1-10-12-8-4-2-6-11(12)7-3-5-9-13(10)14/h2,4,6,8H,1,3,5,7,9H2. The molecule has 1 nitrogen and oxygen atoms in total. The number of hydrogen-bond donors (Lipinski definition) is 0. The number of fused-ring (bicyclic) bond motifs is 1. The molecule has 0 N–H and O–H groups in total. The van der Waals surface area contributed by atoms with Gasteiger partial charge in [0.1, 0.15) is 0 Å². The quantitative estimate of drug-likeness (QED) is 0.569. The van der Waals surface area contributed by atoms with Crippen LogP contribution in [0.25, 0.3) is 5.57 Å². The summed E-state index contributed by atoms with van der Waals surface area (Å²) in [6.07, 6.45) is 3.83. The molecule has 0 aromatic heterocycles. The van der Waals surface area contributed by atoms with E-state index in [1.165, 1.54) is 5.56 Å². The zero-order valence-corrected chi connectivity index (χ0v) is 8.25. The van der Waals surface area contributed by atoms with E-state index in [-0.39, 0.29) is 5.78 Å². The number of aryl methyl sites for hydroxylation is 1. The molecule has 0 amide bonds. The summed E-state index contributed by atoms with van der Waals surface area (Å²) in [5.41, 5.74) is 3.02. The SMILES string of the molecule is C=C1C(=O)CCCCc2ccccc21. The molecule has 0 bridgehead atoms. The Morgan fingerprint density at radius 2 is 1.79 bits per heavy atom. The minimum Gasteiger partial charge on any atom is -0.294 e. The molecule has 72 valence electrons. The van der Waals surface area contributed by atoms with E-state index in [1.54, 1.807) is 0 Å². The zero-order valence-electron chi connectivity index (χ0n) is 8.25. The summed E-state index contributed by atoms with van der Waals surface area (Å²) in [5.74, 6) is 0.206. The summed E-state index contributed by atoms with van der Waals surface area (Å²) in [6.45, 7) is 3.89. The van der Waals surface area contributed by atoms with Crippen molar-refractivity contribution in [2.24, 2.45) is 0 Å². The monoisotopic (exact) mass is 186 g/mol. The van der Waals surface area contributed by atoms with Gasteiger partial charge in [-0.25, -0.2) is 0 Å². The fourth-order valence-corrected chi connectivity index (χ4v) is 1.93. The minimum atomic E-state index is 0.206. The van der Waals surface area contributed by atoms with Crippen LogP contribution in [0.5, 0.6) is 0 Å². The van der Waals surface area contributed by atoms with Crippen LogP contribution in [-0.2, 0) is 11.2 Å². The predicted molar refractivity (Wildman–Crippen MR) is 58.0 cm³/mol. The van der Waals surface area contributed by atoms with Crippen molar-refractivity contribution in [3.8, 4) is 0 Å². The molecule has 1 aromatic carbocycles. The molecule has 0 radical (unpaired) electrons. The molecule has 0 fully saturated rings. The van der Waals surface area contributed by atoms with Gasteiger partial charge in [-0.05, 0) is 30.4 Å². The molecule has 14 heavy (non-hydrogen) atoms. The van der Waals surface area contributed by atoms with Crippen molar-refractivity contribution in [1.82, 2.24) is 0 Å². The minimum absolute atomic E-state index is 0.206. The van der Waals surface area contributed by atoms with Gasteiger partial charge in [-0.1, -0.05) is 30.8 Å². The van der Waals surface area contributed by atoms with E-state index < -0.39 is 0 Å². The second-order valence-corrected chi connectivity index (χ2v) is 3.77. The first-order valence-corrected chi connectivity index (χ1v) is 5.09. The summed E-state index contributed by atoms with van der Waals surface area (Å²) in [7, 11) is 0. The molecule has 0 unspecified atom stereocenters. The highest BCUT2D eigenvalue weighted by Crippen LogP contribution is 2.24. The maximum Gasteiger partial charge on any atom is 0.162 e. The lowest BCUT2D eigenvalue weighted by atomic mass is 9.90. The Morgan fingerprint density at radius 3 is 2.64 bits per heavy atom.